The van der Waals surface area contributed by atoms with Crippen LogP contribution in [-0.4, -0.2) is 32.2 Å². The Bertz CT molecular complexity index is 647. The average molecular weight is 305 g/mol. The maximum atomic E-state index is 11.8. The van der Waals surface area contributed by atoms with Crippen LogP contribution in [0.25, 0.3) is 11.5 Å². The van der Waals surface area contributed by atoms with Gasteiger partial charge in [0.1, 0.15) is 5.69 Å². The molecule has 112 valence electrons. The van der Waals surface area contributed by atoms with Gasteiger partial charge >= 0.3 is 0 Å². The summed E-state index contributed by atoms with van der Waals surface area (Å²) in [6.45, 7) is 5.28. The number of nitrogens with zero attached hydrogens (tertiary/aromatic N) is 3. The highest BCUT2D eigenvalue weighted by Gasteiger charge is 2.11. The number of hydrogen-bond donors (Lipinski definition) is 2. The first-order valence-electron chi connectivity index (χ1n) is 6.91. The number of H-pyrrole nitrogens is 1. The van der Waals surface area contributed by atoms with Crippen LogP contribution in [0.2, 0.25) is 0 Å². The van der Waals surface area contributed by atoms with Gasteiger partial charge in [-0.2, -0.15) is 5.10 Å². The van der Waals surface area contributed by atoms with E-state index in [1.807, 2.05) is 18.2 Å². The molecule has 1 amide bonds. The summed E-state index contributed by atoms with van der Waals surface area (Å²) in [5.41, 5.74) is 0.729. The van der Waals surface area contributed by atoms with Crippen molar-refractivity contribution < 1.29 is 4.79 Å². The van der Waals surface area contributed by atoms with Gasteiger partial charge in [0, 0.05) is 25.7 Å². The Hall–Kier alpha value is -2.02. The molecule has 0 radical (unpaired) electrons. The minimum absolute atomic E-state index is 0.0128. The molecule has 0 saturated carbocycles. The maximum absolute atomic E-state index is 11.8. The molecule has 0 aliphatic carbocycles. The van der Waals surface area contributed by atoms with E-state index < -0.39 is 0 Å². The van der Waals surface area contributed by atoms with E-state index in [1.165, 1.54) is 0 Å². The first-order valence-corrected chi connectivity index (χ1v) is 7.32. The van der Waals surface area contributed by atoms with Gasteiger partial charge in [-0.25, -0.2) is 0 Å². The summed E-state index contributed by atoms with van der Waals surface area (Å²) in [4.78, 5) is 16.1. The minimum Gasteiger partial charge on any atom is -0.356 e. The topological polar surface area (TPSA) is 75.6 Å². The second-order valence-corrected chi connectivity index (χ2v) is 5.55. The van der Waals surface area contributed by atoms with Gasteiger partial charge in [-0.1, -0.05) is 19.9 Å². The fourth-order valence-corrected chi connectivity index (χ4v) is 2.06. The molecule has 2 aromatic rings. The SMILES string of the molecule is CC(C)CNC(=O)CCn1c(-c2ccccn2)n[nH]c1=S. The second kappa shape index (κ2) is 7.12. The molecule has 2 aromatic heterocycles. The number of amides is 1. The maximum Gasteiger partial charge on any atom is 0.221 e. The van der Waals surface area contributed by atoms with Crippen molar-refractivity contribution in [1.82, 2.24) is 25.1 Å². The molecule has 0 aliphatic heterocycles. The van der Waals surface area contributed by atoms with Gasteiger partial charge in [0.25, 0.3) is 0 Å². The first kappa shape index (κ1) is 15.4. The zero-order chi connectivity index (χ0) is 15.2. The van der Waals surface area contributed by atoms with E-state index >= 15 is 0 Å². The van der Waals surface area contributed by atoms with Crippen LogP contribution in [0, 0.1) is 10.7 Å². The standard InChI is InChI=1S/C14H19N5OS/c1-10(2)9-16-12(20)6-8-19-13(17-18-14(19)21)11-5-3-4-7-15-11/h3-5,7,10H,6,8-9H2,1-2H3,(H,16,20)(H,18,21). The lowest BCUT2D eigenvalue weighted by molar-refractivity contribution is -0.121. The van der Waals surface area contributed by atoms with Gasteiger partial charge in [-0.05, 0) is 30.3 Å². The third-order valence-electron chi connectivity index (χ3n) is 2.92. The molecule has 2 N–H and O–H groups in total. The zero-order valence-corrected chi connectivity index (χ0v) is 13.0. The van der Waals surface area contributed by atoms with E-state index in [1.54, 1.807) is 10.8 Å². The van der Waals surface area contributed by atoms with Crippen LogP contribution < -0.4 is 5.32 Å². The van der Waals surface area contributed by atoms with Gasteiger partial charge < -0.3 is 5.32 Å². The molecule has 7 heteroatoms. The summed E-state index contributed by atoms with van der Waals surface area (Å²) in [6.07, 6.45) is 2.06. The summed E-state index contributed by atoms with van der Waals surface area (Å²) >= 11 is 5.22. The predicted octanol–water partition coefficient (Wildman–Crippen LogP) is 2.16. The fourth-order valence-electron chi connectivity index (χ4n) is 1.84. The van der Waals surface area contributed by atoms with Gasteiger partial charge in [-0.3, -0.25) is 19.4 Å². The quantitative estimate of drug-likeness (QED) is 0.802. The zero-order valence-electron chi connectivity index (χ0n) is 12.2. The number of carbonyl (C=O) groups excluding carboxylic acids is 1. The first-order chi connectivity index (χ1) is 10.1. The lowest BCUT2D eigenvalue weighted by atomic mass is 10.2. The number of rotatable bonds is 6. The highest BCUT2D eigenvalue weighted by molar-refractivity contribution is 7.71. The van der Waals surface area contributed by atoms with E-state index in [0.717, 1.165) is 5.69 Å². The Morgan fingerprint density at radius 2 is 2.29 bits per heavy atom. The Morgan fingerprint density at radius 1 is 1.48 bits per heavy atom. The number of nitrogens with one attached hydrogen (secondary N) is 2. The number of hydrogen-bond acceptors (Lipinski definition) is 4. The Balaban J connectivity index is 2.06. The number of pyridine rings is 1. The third-order valence-corrected chi connectivity index (χ3v) is 3.23. The normalized spacial score (nSPS) is 10.8. The van der Waals surface area contributed by atoms with Gasteiger partial charge in [0.15, 0.2) is 10.6 Å². The van der Waals surface area contributed by atoms with Crippen LogP contribution in [0.4, 0.5) is 0 Å². The predicted molar refractivity (Wildman–Crippen MR) is 83.1 cm³/mol. The van der Waals surface area contributed by atoms with Gasteiger partial charge in [0.05, 0.1) is 0 Å². The van der Waals surface area contributed by atoms with Crippen molar-refractivity contribution in [3.63, 3.8) is 0 Å². The lowest BCUT2D eigenvalue weighted by Gasteiger charge is -2.09. The van der Waals surface area contributed by atoms with Crippen LogP contribution in [0.3, 0.4) is 0 Å². The summed E-state index contributed by atoms with van der Waals surface area (Å²) < 4.78 is 2.29. The summed E-state index contributed by atoms with van der Waals surface area (Å²) in [7, 11) is 0. The molecule has 0 fully saturated rings. The largest absolute Gasteiger partial charge is 0.356 e. The molecule has 0 spiro atoms. The molecule has 0 saturated heterocycles. The molecule has 2 rings (SSSR count). The Kier molecular flexibility index (Phi) is 5.21. The van der Waals surface area contributed by atoms with E-state index in [2.05, 4.69) is 34.3 Å². The molecule has 0 bridgehead atoms. The van der Waals surface area contributed by atoms with Gasteiger partial charge in [-0.15, -0.1) is 0 Å². The smallest absolute Gasteiger partial charge is 0.221 e. The van der Waals surface area contributed by atoms with E-state index in [0.29, 0.717) is 36.0 Å². The number of aromatic nitrogens is 4. The van der Waals surface area contributed by atoms with Gasteiger partial charge in [0.2, 0.25) is 5.91 Å². The van der Waals surface area contributed by atoms with Crippen LogP contribution in [0.5, 0.6) is 0 Å². The lowest BCUT2D eigenvalue weighted by Crippen LogP contribution is -2.28. The van der Waals surface area contributed by atoms with E-state index in [9.17, 15) is 4.79 Å². The molecule has 0 unspecified atom stereocenters. The van der Waals surface area contributed by atoms with Crippen LogP contribution in [0.15, 0.2) is 24.4 Å². The number of aromatic amines is 1. The van der Waals surface area contributed by atoms with Crippen molar-refractivity contribution in [3.05, 3.63) is 29.2 Å². The summed E-state index contributed by atoms with van der Waals surface area (Å²) in [5.74, 6) is 1.10. The summed E-state index contributed by atoms with van der Waals surface area (Å²) in [6, 6.07) is 5.59. The second-order valence-electron chi connectivity index (χ2n) is 5.17. The Labute approximate surface area is 128 Å². The van der Waals surface area contributed by atoms with Crippen molar-refractivity contribution >= 4 is 18.1 Å². The molecule has 0 aromatic carbocycles. The molecule has 0 atom stereocenters. The third kappa shape index (κ3) is 4.22. The highest BCUT2D eigenvalue weighted by Crippen LogP contribution is 2.14. The van der Waals surface area contributed by atoms with Crippen LogP contribution in [0.1, 0.15) is 20.3 Å². The number of carbonyl (C=O) groups is 1. The van der Waals surface area contributed by atoms with Crippen LogP contribution in [-0.2, 0) is 11.3 Å². The molecule has 0 aliphatic rings. The molecule has 21 heavy (non-hydrogen) atoms. The van der Waals surface area contributed by atoms with Crippen molar-refractivity contribution in [2.75, 3.05) is 6.54 Å². The fraction of sp³-hybridized carbons (Fsp3) is 0.429. The van der Waals surface area contributed by atoms with Crippen molar-refractivity contribution in [1.29, 1.82) is 0 Å². The van der Waals surface area contributed by atoms with Crippen molar-refractivity contribution in [2.24, 2.45) is 5.92 Å². The van der Waals surface area contributed by atoms with Crippen molar-refractivity contribution in [3.8, 4) is 11.5 Å². The highest BCUT2D eigenvalue weighted by atomic mass is 32.1. The summed E-state index contributed by atoms with van der Waals surface area (Å²) in [5, 5.41) is 9.83. The monoisotopic (exact) mass is 305 g/mol. The molecule has 2 heterocycles. The molecule has 6 nitrogen and oxygen atoms in total. The average Bonchev–Trinajstić information content (AvgIpc) is 2.85. The molecular formula is C14H19N5OS. The Morgan fingerprint density at radius 3 is 2.95 bits per heavy atom. The molecular weight excluding hydrogens is 286 g/mol. The van der Waals surface area contributed by atoms with E-state index in [4.69, 9.17) is 12.2 Å². The van der Waals surface area contributed by atoms with Crippen molar-refractivity contribution in [2.45, 2.75) is 26.8 Å². The minimum atomic E-state index is 0.0128. The van der Waals surface area contributed by atoms with Crippen LogP contribution >= 0.6 is 12.2 Å². The van der Waals surface area contributed by atoms with E-state index in [-0.39, 0.29) is 5.91 Å².